The molecule has 1 amide bonds. The topological polar surface area (TPSA) is 50.4 Å². The van der Waals surface area contributed by atoms with Crippen LogP contribution in [0.4, 0.5) is 11.4 Å². The van der Waals surface area contributed by atoms with Gasteiger partial charge in [-0.2, -0.15) is 0 Å². The van der Waals surface area contributed by atoms with Crippen molar-refractivity contribution in [2.75, 3.05) is 17.7 Å². The monoisotopic (exact) mass is 254 g/mol. The number of anilines is 2. The van der Waals surface area contributed by atoms with E-state index < -0.39 is 6.10 Å². The molecule has 1 atom stereocenters. The maximum absolute atomic E-state index is 12.1. The number of carbonyl (C=O) groups is 1. The zero-order valence-electron chi connectivity index (χ0n) is 10.5. The van der Waals surface area contributed by atoms with Crippen LogP contribution < -0.4 is 15.4 Å². The molecule has 0 bridgehead atoms. The second kappa shape index (κ2) is 4.65. The number of rotatable bonds is 2. The minimum atomic E-state index is -0.608. The summed E-state index contributed by atoms with van der Waals surface area (Å²) >= 11 is 0. The molecule has 4 heteroatoms. The predicted octanol–water partition coefficient (Wildman–Crippen LogP) is 2.80. The Morgan fingerprint density at radius 3 is 2.84 bits per heavy atom. The molecule has 1 aliphatic rings. The Hall–Kier alpha value is -2.49. The van der Waals surface area contributed by atoms with Crippen molar-refractivity contribution in [3.63, 3.8) is 0 Å². The van der Waals surface area contributed by atoms with Gasteiger partial charge in [-0.1, -0.05) is 24.3 Å². The molecule has 1 aliphatic heterocycles. The molecule has 1 heterocycles. The smallest absolute Gasteiger partial charge is 0.270 e. The third-order valence-electron chi connectivity index (χ3n) is 3.11. The van der Waals surface area contributed by atoms with Crippen molar-refractivity contribution >= 4 is 17.3 Å². The van der Waals surface area contributed by atoms with Crippen LogP contribution in [-0.2, 0) is 4.79 Å². The van der Waals surface area contributed by atoms with Gasteiger partial charge in [0.05, 0.1) is 5.69 Å². The maximum Gasteiger partial charge on any atom is 0.270 e. The van der Waals surface area contributed by atoms with Crippen LogP contribution in [0.1, 0.15) is 11.7 Å². The molecular formula is C15H14N2O2. The van der Waals surface area contributed by atoms with Crippen LogP contribution in [0.5, 0.6) is 5.75 Å². The lowest BCUT2D eigenvalue weighted by Crippen LogP contribution is -2.30. The highest BCUT2D eigenvalue weighted by molar-refractivity contribution is 5.98. The summed E-state index contributed by atoms with van der Waals surface area (Å²) in [6.07, 6.45) is -0.608. The first-order chi connectivity index (χ1) is 9.28. The lowest BCUT2D eigenvalue weighted by atomic mass is 10.1. The molecule has 0 saturated heterocycles. The zero-order valence-corrected chi connectivity index (χ0v) is 10.5. The van der Waals surface area contributed by atoms with E-state index in [1.807, 2.05) is 55.6 Å². The van der Waals surface area contributed by atoms with Crippen molar-refractivity contribution in [2.24, 2.45) is 0 Å². The first-order valence-corrected chi connectivity index (χ1v) is 6.12. The van der Waals surface area contributed by atoms with Crippen LogP contribution in [0.15, 0.2) is 48.5 Å². The highest BCUT2D eigenvalue weighted by Crippen LogP contribution is 2.34. The van der Waals surface area contributed by atoms with Gasteiger partial charge in [0.15, 0.2) is 0 Å². The van der Waals surface area contributed by atoms with Gasteiger partial charge in [0.2, 0.25) is 6.10 Å². The van der Waals surface area contributed by atoms with Crippen LogP contribution in [0.3, 0.4) is 0 Å². The summed E-state index contributed by atoms with van der Waals surface area (Å²) in [5, 5.41) is 5.91. The van der Waals surface area contributed by atoms with Gasteiger partial charge in [-0.05, 0) is 24.3 Å². The average molecular weight is 254 g/mol. The van der Waals surface area contributed by atoms with Crippen molar-refractivity contribution in [1.29, 1.82) is 0 Å². The van der Waals surface area contributed by atoms with E-state index in [9.17, 15) is 4.79 Å². The second-order valence-corrected chi connectivity index (χ2v) is 4.36. The summed E-state index contributed by atoms with van der Waals surface area (Å²) in [5.41, 5.74) is 2.50. The van der Waals surface area contributed by atoms with Gasteiger partial charge in [0, 0.05) is 18.3 Å². The van der Waals surface area contributed by atoms with Gasteiger partial charge in [-0.3, -0.25) is 4.79 Å². The highest BCUT2D eigenvalue weighted by atomic mass is 16.5. The number of amides is 1. The molecular weight excluding hydrogens is 240 g/mol. The van der Waals surface area contributed by atoms with E-state index in [4.69, 9.17) is 4.74 Å². The number of hydrogen-bond acceptors (Lipinski definition) is 3. The van der Waals surface area contributed by atoms with Crippen molar-refractivity contribution in [3.05, 3.63) is 54.1 Å². The number of ether oxygens (including phenoxy) is 1. The second-order valence-electron chi connectivity index (χ2n) is 4.36. The number of carbonyl (C=O) groups excluding carboxylic acids is 1. The fraction of sp³-hybridized carbons (Fsp3) is 0.133. The number of para-hydroxylation sites is 2. The molecule has 19 heavy (non-hydrogen) atoms. The lowest BCUT2D eigenvalue weighted by molar-refractivity contribution is -0.123. The molecule has 96 valence electrons. The normalized spacial score (nSPS) is 17.1. The van der Waals surface area contributed by atoms with E-state index in [-0.39, 0.29) is 5.91 Å². The predicted molar refractivity (Wildman–Crippen MR) is 74.4 cm³/mol. The largest absolute Gasteiger partial charge is 0.474 e. The Morgan fingerprint density at radius 2 is 2.00 bits per heavy atom. The Labute approximate surface area is 111 Å². The first-order valence-electron chi connectivity index (χ1n) is 6.12. The lowest BCUT2D eigenvalue weighted by Gasteiger charge is -2.26. The Bertz CT molecular complexity index is 625. The van der Waals surface area contributed by atoms with E-state index in [0.717, 1.165) is 11.3 Å². The third-order valence-corrected chi connectivity index (χ3v) is 3.11. The summed E-state index contributed by atoms with van der Waals surface area (Å²) in [4.78, 5) is 12.1. The molecule has 2 aromatic carbocycles. The summed E-state index contributed by atoms with van der Waals surface area (Å²) in [5.74, 6) is 0.550. The van der Waals surface area contributed by atoms with Crippen molar-refractivity contribution in [2.45, 2.75) is 6.10 Å². The summed E-state index contributed by atoms with van der Waals surface area (Å²) in [6.45, 7) is 0. The molecule has 1 unspecified atom stereocenters. The Balaban J connectivity index is 1.96. The standard InChI is InChI=1S/C15H14N2O2/c1-16-11-6-4-5-10(9-11)14-15(18)17-12-7-2-3-8-13(12)19-14/h2-9,14,16H,1H3,(H,17,18). The van der Waals surface area contributed by atoms with Gasteiger partial charge < -0.3 is 15.4 Å². The Morgan fingerprint density at radius 1 is 1.16 bits per heavy atom. The number of hydrogen-bond donors (Lipinski definition) is 2. The van der Waals surface area contributed by atoms with Crippen molar-refractivity contribution in [3.8, 4) is 5.75 Å². The van der Waals surface area contributed by atoms with Gasteiger partial charge in [-0.25, -0.2) is 0 Å². The molecule has 4 nitrogen and oxygen atoms in total. The first kappa shape index (κ1) is 11.6. The van der Waals surface area contributed by atoms with Crippen LogP contribution in [-0.4, -0.2) is 13.0 Å². The minimum absolute atomic E-state index is 0.146. The van der Waals surface area contributed by atoms with E-state index in [0.29, 0.717) is 11.4 Å². The third kappa shape index (κ3) is 2.12. The van der Waals surface area contributed by atoms with E-state index in [1.54, 1.807) is 0 Å². The SMILES string of the molecule is CNc1cccc(C2Oc3ccccc3NC2=O)c1. The fourth-order valence-electron chi connectivity index (χ4n) is 2.13. The average Bonchev–Trinajstić information content (AvgIpc) is 2.46. The highest BCUT2D eigenvalue weighted by Gasteiger charge is 2.28. The van der Waals surface area contributed by atoms with Crippen LogP contribution in [0.2, 0.25) is 0 Å². The quantitative estimate of drug-likeness (QED) is 0.866. The van der Waals surface area contributed by atoms with Crippen molar-refractivity contribution < 1.29 is 9.53 Å². The van der Waals surface area contributed by atoms with Gasteiger partial charge in [-0.15, -0.1) is 0 Å². The van der Waals surface area contributed by atoms with E-state index >= 15 is 0 Å². The number of fused-ring (bicyclic) bond motifs is 1. The minimum Gasteiger partial charge on any atom is -0.474 e. The van der Waals surface area contributed by atoms with Crippen LogP contribution in [0, 0.1) is 0 Å². The molecule has 2 aromatic rings. The number of benzene rings is 2. The molecule has 0 saturated carbocycles. The summed E-state index contributed by atoms with van der Waals surface area (Å²) in [7, 11) is 1.84. The fourth-order valence-corrected chi connectivity index (χ4v) is 2.13. The van der Waals surface area contributed by atoms with Crippen LogP contribution in [0.25, 0.3) is 0 Å². The molecule has 0 spiro atoms. The van der Waals surface area contributed by atoms with Crippen LogP contribution >= 0.6 is 0 Å². The molecule has 2 N–H and O–H groups in total. The van der Waals surface area contributed by atoms with E-state index in [2.05, 4.69) is 10.6 Å². The Kier molecular flexibility index (Phi) is 2.83. The van der Waals surface area contributed by atoms with Gasteiger partial charge >= 0.3 is 0 Å². The van der Waals surface area contributed by atoms with Gasteiger partial charge in [0.25, 0.3) is 5.91 Å². The summed E-state index contributed by atoms with van der Waals surface area (Å²) < 4.78 is 5.79. The molecule has 0 radical (unpaired) electrons. The van der Waals surface area contributed by atoms with Crippen molar-refractivity contribution in [1.82, 2.24) is 0 Å². The summed E-state index contributed by atoms with van der Waals surface area (Å²) in [6, 6.07) is 15.1. The molecule has 0 aliphatic carbocycles. The zero-order chi connectivity index (χ0) is 13.2. The molecule has 3 rings (SSSR count). The molecule has 0 aromatic heterocycles. The van der Waals surface area contributed by atoms with E-state index in [1.165, 1.54) is 0 Å². The maximum atomic E-state index is 12.1. The molecule has 0 fully saturated rings. The number of nitrogens with one attached hydrogen (secondary N) is 2. The van der Waals surface area contributed by atoms with Gasteiger partial charge in [0.1, 0.15) is 5.75 Å².